The molecule has 132 valence electrons. The van der Waals surface area contributed by atoms with Gasteiger partial charge in [-0.15, -0.1) is 0 Å². The van der Waals surface area contributed by atoms with Crippen LogP contribution in [0.25, 0.3) is 10.9 Å². The molecule has 1 aliphatic rings. The van der Waals surface area contributed by atoms with Gasteiger partial charge in [-0.1, -0.05) is 18.2 Å². The van der Waals surface area contributed by atoms with E-state index in [1.165, 1.54) is 4.57 Å². The molecule has 0 aliphatic carbocycles. The van der Waals surface area contributed by atoms with E-state index in [4.69, 9.17) is 4.74 Å². The van der Waals surface area contributed by atoms with Gasteiger partial charge in [-0.05, 0) is 43.7 Å². The minimum absolute atomic E-state index is 0.0458. The van der Waals surface area contributed by atoms with Crippen molar-refractivity contribution in [2.45, 2.75) is 20.4 Å². The number of hydrogen-bond donors (Lipinski definition) is 0. The van der Waals surface area contributed by atoms with E-state index < -0.39 is 0 Å². The molecule has 0 unspecified atom stereocenters. The van der Waals surface area contributed by atoms with Crippen molar-refractivity contribution in [3.63, 3.8) is 0 Å². The molecule has 0 saturated carbocycles. The number of carbonyl (C=O) groups excluding carboxylic acids is 1. The molecule has 4 rings (SSSR count). The average Bonchev–Trinajstić information content (AvgIpc) is 2.64. The van der Waals surface area contributed by atoms with Crippen LogP contribution in [-0.4, -0.2) is 28.6 Å². The van der Waals surface area contributed by atoms with Crippen LogP contribution in [0.2, 0.25) is 0 Å². The maximum atomic E-state index is 13.0. The highest BCUT2D eigenvalue weighted by atomic mass is 16.5. The van der Waals surface area contributed by atoms with Gasteiger partial charge in [0.2, 0.25) is 5.91 Å². The summed E-state index contributed by atoms with van der Waals surface area (Å²) in [5, 5.41) is 0.518. The van der Waals surface area contributed by atoms with Crippen molar-refractivity contribution in [1.29, 1.82) is 0 Å². The molecule has 0 spiro atoms. The molecule has 0 N–H and O–H groups in total. The van der Waals surface area contributed by atoms with Gasteiger partial charge in [0.1, 0.15) is 24.7 Å². The van der Waals surface area contributed by atoms with Gasteiger partial charge in [0.25, 0.3) is 5.56 Å². The lowest BCUT2D eigenvalue weighted by atomic mass is 10.1. The minimum Gasteiger partial charge on any atom is -0.490 e. The average molecular weight is 349 g/mol. The van der Waals surface area contributed by atoms with E-state index in [0.29, 0.717) is 35.6 Å². The van der Waals surface area contributed by atoms with E-state index in [2.05, 4.69) is 4.98 Å². The molecule has 0 radical (unpaired) electrons. The van der Waals surface area contributed by atoms with Gasteiger partial charge >= 0.3 is 0 Å². The molecule has 0 atom stereocenters. The van der Waals surface area contributed by atoms with Crippen LogP contribution in [0.5, 0.6) is 5.75 Å². The fraction of sp³-hybridized carbons (Fsp3) is 0.250. The van der Waals surface area contributed by atoms with Crippen LogP contribution in [0, 0.1) is 13.8 Å². The van der Waals surface area contributed by atoms with Gasteiger partial charge < -0.3 is 9.64 Å². The van der Waals surface area contributed by atoms with E-state index in [1.807, 2.05) is 31.2 Å². The van der Waals surface area contributed by atoms with Crippen LogP contribution >= 0.6 is 0 Å². The smallest absolute Gasteiger partial charge is 0.261 e. The number of para-hydroxylation sites is 1. The van der Waals surface area contributed by atoms with Crippen molar-refractivity contribution in [2.75, 3.05) is 18.1 Å². The number of hydrogen-bond acceptors (Lipinski definition) is 4. The second-order valence-corrected chi connectivity index (χ2v) is 6.43. The summed E-state index contributed by atoms with van der Waals surface area (Å²) in [7, 11) is 0. The summed E-state index contributed by atoms with van der Waals surface area (Å²) >= 11 is 0. The van der Waals surface area contributed by atoms with Gasteiger partial charge in [-0.3, -0.25) is 14.2 Å². The van der Waals surface area contributed by atoms with Gasteiger partial charge in [0, 0.05) is 0 Å². The standard InChI is InChI=1S/C20H19N3O3/c1-13-7-8-18-17(11-13)22(9-10-26-18)19(24)12-23-14(2)21-16-6-4-3-5-15(16)20(23)25/h3-8,11H,9-10,12H2,1-2H3. The number of carbonyl (C=O) groups is 1. The zero-order valence-electron chi connectivity index (χ0n) is 14.7. The van der Waals surface area contributed by atoms with Crippen LogP contribution in [0.1, 0.15) is 11.4 Å². The second-order valence-electron chi connectivity index (χ2n) is 6.43. The molecule has 6 heteroatoms. The first-order valence-corrected chi connectivity index (χ1v) is 8.54. The van der Waals surface area contributed by atoms with Gasteiger partial charge in [0.05, 0.1) is 23.1 Å². The number of fused-ring (bicyclic) bond motifs is 2. The van der Waals surface area contributed by atoms with Gasteiger partial charge in [0.15, 0.2) is 0 Å². The molecule has 0 bridgehead atoms. The van der Waals surface area contributed by atoms with Crippen molar-refractivity contribution in [2.24, 2.45) is 0 Å². The summed E-state index contributed by atoms with van der Waals surface area (Å²) in [6, 6.07) is 12.9. The topological polar surface area (TPSA) is 64.4 Å². The molecular formula is C20H19N3O3. The number of ether oxygens (including phenoxy) is 1. The summed E-state index contributed by atoms with van der Waals surface area (Å²) in [6.45, 7) is 4.57. The SMILES string of the molecule is Cc1ccc2c(c1)N(C(=O)Cn1c(C)nc3ccccc3c1=O)CCO2. The Morgan fingerprint density at radius 1 is 1.19 bits per heavy atom. The molecule has 1 aromatic heterocycles. The van der Waals surface area contributed by atoms with E-state index in [0.717, 1.165) is 11.3 Å². The Labute approximate surface area is 150 Å². The first kappa shape index (κ1) is 16.3. The summed E-state index contributed by atoms with van der Waals surface area (Å²) < 4.78 is 7.08. The zero-order valence-corrected chi connectivity index (χ0v) is 14.7. The largest absolute Gasteiger partial charge is 0.490 e. The van der Waals surface area contributed by atoms with E-state index >= 15 is 0 Å². The third-order valence-electron chi connectivity index (χ3n) is 4.62. The maximum Gasteiger partial charge on any atom is 0.261 e. The van der Waals surface area contributed by atoms with Crippen molar-refractivity contribution < 1.29 is 9.53 Å². The minimum atomic E-state index is -0.195. The van der Waals surface area contributed by atoms with E-state index in [9.17, 15) is 9.59 Å². The summed E-state index contributed by atoms with van der Waals surface area (Å²) in [5.74, 6) is 1.07. The first-order chi connectivity index (χ1) is 12.5. The summed E-state index contributed by atoms with van der Waals surface area (Å²) in [4.78, 5) is 31.9. The lowest BCUT2D eigenvalue weighted by Gasteiger charge is -2.30. The lowest BCUT2D eigenvalue weighted by molar-refractivity contribution is -0.119. The Kier molecular flexibility index (Phi) is 3.95. The monoisotopic (exact) mass is 349 g/mol. The molecule has 1 aliphatic heterocycles. The fourth-order valence-corrected chi connectivity index (χ4v) is 3.27. The highest BCUT2D eigenvalue weighted by molar-refractivity contribution is 5.95. The molecule has 0 saturated heterocycles. The highest BCUT2D eigenvalue weighted by Gasteiger charge is 2.25. The van der Waals surface area contributed by atoms with Crippen LogP contribution in [0.4, 0.5) is 5.69 Å². The molecular weight excluding hydrogens is 330 g/mol. The third-order valence-corrected chi connectivity index (χ3v) is 4.62. The molecule has 3 aromatic rings. The van der Waals surface area contributed by atoms with Gasteiger partial charge in [-0.25, -0.2) is 4.98 Å². The van der Waals surface area contributed by atoms with E-state index in [-0.39, 0.29) is 18.0 Å². The van der Waals surface area contributed by atoms with Crippen molar-refractivity contribution >= 4 is 22.5 Å². The van der Waals surface area contributed by atoms with Crippen molar-refractivity contribution in [3.8, 4) is 5.75 Å². The Hall–Kier alpha value is -3.15. The van der Waals surface area contributed by atoms with Gasteiger partial charge in [-0.2, -0.15) is 0 Å². The molecule has 6 nitrogen and oxygen atoms in total. The zero-order chi connectivity index (χ0) is 18.3. The number of nitrogens with zero attached hydrogens (tertiary/aromatic N) is 3. The molecule has 2 aromatic carbocycles. The normalized spacial score (nSPS) is 13.4. The number of aryl methyl sites for hydroxylation is 2. The Morgan fingerprint density at radius 3 is 2.85 bits per heavy atom. The predicted octanol–water partition coefficient (Wildman–Crippen LogP) is 2.44. The van der Waals surface area contributed by atoms with Crippen LogP contribution < -0.4 is 15.2 Å². The number of rotatable bonds is 2. The molecule has 2 heterocycles. The van der Waals surface area contributed by atoms with E-state index in [1.54, 1.807) is 30.0 Å². The first-order valence-electron chi connectivity index (χ1n) is 8.54. The Morgan fingerprint density at radius 2 is 2.00 bits per heavy atom. The highest BCUT2D eigenvalue weighted by Crippen LogP contribution is 2.32. The number of benzene rings is 2. The van der Waals surface area contributed by atoms with Crippen molar-refractivity contribution in [1.82, 2.24) is 9.55 Å². The molecule has 0 fully saturated rings. The maximum absolute atomic E-state index is 13.0. The molecule has 1 amide bonds. The second kappa shape index (κ2) is 6.29. The third kappa shape index (κ3) is 2.73. The fourth-order valence-electron chi connectivity index (χ4n) is 3.27. The molecule has 26 heavy (non-hydrogen) atoms. The van der Waals surface area contributed by atoms with Crippen LogP contribution in [-0.2, 0) is 11.3 Å². The number of aromatic nitrogens is 2. The van der Waals surface area contributed by atoms with Crippen LogP contribution in [0.3, 0.4) is 0 Å². The quantitative estimate of drug-likeness (QED) is 0.713. The predicted molar refractivity (Wildman–Crippen MR) is 99.8 cm³/mol. The lowest BCUT2D eigenvalue weighted by Crippen LogP contribution is -2.42. The van der Waals surface area contributed by atoms with Crippen LogP contribution in [0.15, 0.2) is 47.3 Å². The Balaban J connectivity index is 1.71. The van der Waals surface area contributed by atoms with Crippen molar-refractivity contribution in [3.05, 3.63) is 64.2 Å². The Bertz CT molecular complexity index is 1070. The summed E-state index contributed by atoms with van der Waals surface area (Å²) in [5.41, 5.74) is 2.25. The number of amides is 1. The number of anilines is 1. The summed E-state index contributed by atoms with van der Waals surface area (Å²) in [6.07, 6.45) is 0.